The highest BCUT2D eigenvalue weighted by atomic mass is 35.5. The Bertz CT molecular complexity index is 967. The number of hydrogen-bond acceptors (Lipinski definition) is 5. The van der Waals surface area contributed by atoms with E-state index in [9.17, 15) is 14.7 Å². The van der Waals surface area contributed by atoms with Gasteiger partial charge in [0, 0.05) is 32.6 Å². The highest BCUT2D eigenvalue weighted by Crippen LogP contribution is 2.37. The van der Waals surface area contributed by atoms with Crippen molar-refractivity contribution >= 4 is 24.2 Å². The van der Waals surface area contributed by atoms with Gasteiger partial charge in [0.25, 0.3) is 0 Å². The van der Waals surface area contributed by atoms with E-state index in [1.165, 1.54) is 24.8 Å². The van der Waals surface area contributed by atoms with Crippen LogP contribution in [0.2, 0.25) is 0 Å². The fourth-order valence-electron chi connectivity index (χ4n) is 7.33. The quantitative estimate of drug-likeness (QED) is 0.414. The summed E-state index contributed by atoms with van der Waals surface area (Å²) >= 11 is 0. The first-order valence-electron chi connectivity index (χ1n) is 15.7. The maximum absolute atomic E-state index is 13.8. The Morgan fingerprint density at radius 2 is 1.60 bits per heavy atom. The molecule has 1 aromatic carbocycles. The van der Waals surface area contributed by atoms with Crippen LogP contribution in [0.25, 0.3) is 0 Å². The number of piperidine rings is 1. The van der Waals surface area contributed by atoms with Crippen molar-refractivity contribution in [1.82, 2.24) is 15.1 Å². The minimum Gasteiger partial charge on any atom is -0.490 e. The molecule has 2 saturated carbocycles. The zero-order valence-electron chi connectivity index (χ0n) is 24.4. The molecule has 2 saturated heterocycles. The first kappa shape index (κ1) is 31.1. The summed E-state index contributed by atoms with van der Waals surface area (Å²) in [5.41, 5.74) is -0.367. The largest absolute Gasteiger partial charge is 0.490 e. The van der Waals surface area contributed by atoms with Gasteiger partial charge in [-0.15, -0.1) is 12.4 Å². The molecule has 0 bridgehead atoms. The first-order chi connectivity index (χ1) is 18.9. The van der Waals surface area contributed by atoms with Crippen molar-refractivity contribution in [3.8, 4) is 5.75 Å². The minimum absolute atomic E-state index is 0. The van der Waals surface area contributed by atoms with Crippen molar-refractivity contribution in [2.45, 2.75) is 133 Å². The molecule has 5 rings (SSSR count). The van der Waals surface area contributed by atoms with Crippen LogP contribution in [0.5, 0.6) is 5.75 Å². The molecular weight excluding hydrogens is 526 g/mol. The Morgan fingerprint density at radius 3 is 2.25 bits per heavy atom. The van der Waals surface area contributed by atoms with Gasteiger partial charge in [0.2, 0.25) is 11.8 Å². The van der Waals surface area contributed by atoms with Crippen molar-refractivity contribution < 1.29 is 19.4 Å². The van der Waals surface area contributed by atoms with E-state index in [0.29, 0.717) is 31.9 Å². The normalized spacial score (nSPS) is 25.4. The zero-order valence-corrected chi connectivity index (χ0v) is 25.2. The number of ether oxygens (including phenoxy) is 1. The Morgan fingerprint density at radius 1 is 0.950 bits per heavy atom. The van der Waals surface area contributed by atoms with Crippen molar-refractivity contribution in [3.63, 3.8) is 0 Å². The number of nitrogens with one attached hydrogen (secondary N) is 1. The standard InChI is InChI=1S/C32H49N3O4.ClH/c1-2-3-20-35-29(36)28(23-31(38)16-8-5-9-17-31)33-30(37)32(35)18-21-34(22-19-32)24-25-12-14-27(15-13-25)39-26-10-6-4-7-11-26;/h12-15,26,28,38H,2-11,16-24H2,1H3,(H,33,37);1H/t28-;/m1./s1. The lowest BCUT2D eigenvalue weighted by atomic mass is 9.77. The van der Waals surface area contributed by atoms with Gasteiger partial charge in [-0.05, 0) is 75.5 Å². The van der Waals surface area contributed by atoms with Gasteiger partial charge in [-0.3, -0.25) is 14.5 Å². The molecule has 2 heterocycles. The van der Waals surface area contributed by atoms with Crippen LogP contribution < -0.4 is 10.1 Å². The van der Waals surface area contributed by atoms with Gasteiger partial charge in [0.05, 0.1) is 11.7 Å². The summed E-state index contributed by atoms with van der Waals surface area (Å²) in [6.07, 6.45) is 14.6. The molecule has 2 N–H and O–H groups in total. The van der Waals surface area contributed by atoms with Crippen LogP contribution >= 0.6 is 12.4 Å². The van der Waals surface area contributed by atoms with Crippen molar-refractivity contribution in [2.75, 3.05) is 19.6 Å². The molecule has 2 aliphatic heterocycles. The van der Waals surface area contributed by atoms with Gasteiger partial charge in [0.15, 0.2) is 0 Å². The number of rotatable bonds is 9. The fourth-order valence-corrected chi connectivity index (χ4v) is 7.33. The van der Waals surface area contributed by atoms with E-state index < -0.39 is 17.2 Å². The second-order valence-corrected chi connectivity index (χ2v) is 12.7. The number of aliphatic hydroxyl groups is 1. The second-order valence-electron chi connectivity index (χ2n) is 12.7. The van der Waals surface area contributed by atoms with Gasteiger partial charge < -0.3 is 20.1 Å². The number of likely N-dealkylation sites (tertiary alicyclic amines) is 1. The van der Waals surface area contributed by atoms with E-state index in [-0.39, 0.29) is 24.2 Å². The highest BCUT2D eigenvalue weighted by molar-refractivity contribution is 6.00. The second kappa shape index (κ2) is 13.9. The first-order valence-corrected chi connectivity index (χ1v) is 15.7. The third-order valence-electron chi connectivity index (χ3n) is 9.78. The number of piperazine rings is 1. The topological polar surface area (TPSA) is 82.1 Å². The molecule has 8 heteroatoms. The molecular formula is C32H50ClN3O4. The number of hydrogen-bond donors (Lipinski definition) is 2. The SMILES string of the molecule is CCCCN1C(=O)[C@@H](CC2(O)CCCCC2)NC(=O)C12CCN(Cc1ccc(OC3CCCCC3)cc1)CC2.Cl. The molecule has 2 amide bonds. The average Bonchev–Trinajstić information content (AvgIpc) is 2.95. The predicted molar refractivity (Wildman–Crippen MR) is 160 cm³/mol. The van der Waals surface area contributed by atoms with Gasteiger partial charge in [-0.1, -0.05) is 51.2 Å². The third-order valence-corrected chi connectivity index (χ3v) is 9.78. The Kier molecular flexibility index (Phi) is 10.8. The molecule has 0 radical (unpaired) electrons. The highest BCUT2D eigenvalue weighted by Gasteiger charge is 2.54. The molecule has 1 atom stereocenters. The molecule has 40 heavy (non-hydrogen) atoms. The van der Waals surface area contributed by atoms with Gasteiger partial charge in [-0.2, -0.15) is 0 Å². The van der Waals surface area contributed by atoms with E-state index in [2.05, 4.69) is 41.4 Å². The van der Waals surface area contributed by atoms with Gasteiger partial charge in [0.1, 0.15) is 17.3 Å². The van der Waals surface area contributed by atoms with Crippen LogP contribution in [0, 0.1) is 0 Å². The molecule has 4 fully saturated rings. The number of carbonyl (C=O) groups excluding carboxylic acids is 2. The summed E-state index contributed by atoms with van der Waals surface area (Å²) in [5, 5.41) is 14.2. The van der Waals surface area contributed by atoms with Crippen LogP contribution in [-0.2, 0) is 16.1 Å². The van der Waals surface area contributed by atoms with Crippen molar-refractivity contribution in [1.29, 1.82) is 0 Å². The van der Waals surface area contributed by atoms with Crippen molar-refractivity contribution in [3.05, 3.63) is 29.8 Å². The van der Waals surface area contributed by atoms with E-state index in [1.807, 2.05) is 4.90 Å². The lowest BCUT2D eigenvalue weighted by Gasteiger charge is -2.52. The van der Waals surface area contributed by atoms with Crippen LogP contribution in [-0.4, -0.2) is 69.6 Å². The number of unbranched alkanes of at least 4 members (excludes halogenated alkanes) is 1. The monoisotopic (exact) mass is 575 g/mol. The number of nitrogens with zero attached hydrogens (tertiary/aromatic N) is 2. The van der Waals surface area contributed by atoms with Gasteiger partial charge >= 0.3 is 0 Å². The number of halogens is 1. The number of benzene rings is 1. The summed E-state index contributed by atoms with van der Waals surface area (Å²) in [7, 11) is 0. The molecule has 2 aliphatic carbocycles. The molecule has 1 aromatic rings. The summed E-state index contributed by atoms with van der Waals surface area (Å²) in [4.78, 5) is 31.8. The predicted octanol–water partition coefficient (Wildman–Crippen LogP) is 5.37. The van der Waals surface area contributed by atoms with Gasteiger partial charge in [-0.25, -0.2) is 0 Å². The van der Waals surface area contributed by atoms with Crippen LogP contribution in [0.4, 0.5) is 0 Å². The minimum atomic E-state index is -0.840. The van der Waals surface area contributed by atoms with E-state index in [1.54, 1.807) is 0 Å². The van der Waals surface area contributed by atoms with Crippen LogP contribution in [0.1, 0.15) is 109 Å². The zero-order chi connectivity index (χ0) is 27.3. The Labute approximate surface area is 246 Å². The molecule has 0 unspecified atom stereocenters. The summed E-state index contributed by atoms with van der Waals surface area (Å²) < 4.78 is 6.19. The maximum Gasteiger partial charge on any atom is 0.246 e. The molecule has 7 nitrogen and oxygen atoms in total. The van der Waals surface area contributed by atoms with E-state index in [0.717, 1.165) is 83.2 Å². The molecule has 1 spiro atoms. The van der Waals surface area contributed by atoms with Crippen LogP contribution in [0.15, 0.2) is 24.3 Å². The summed E-state index contributed by atoms with van der Waals surface area (Å²) in [6, 6.07) is 7.89. The van der Waals surface area contributed by atoms with E-state index in [4.69, 9.17) is 4.74 Å². The number of amides is 2. The average molecular weight is 576 g/mol. The lowest BCUT2D eigenvalue weighted by molar-refractivity contribution is -0.163. The molecule has 4 aliphatic rings. The number of carbonyl (C=O) groups is 2. The van der Waals surface area contributed by atoms with Crippen LogP contribution in [0.3, 0.4) is 0 Å². The summed E-state index contributed by atoms with van der Waals surface area (Å²) in [5.74, 6) is 0.940. The van der Waals surface area contributed by atoms with Crippen molar-refractivity contribution in [2.24, 2.45) is 0 Å². The molecule has 224 valence electrons. The fraction of sp³-hybridized carbons (Fsp3) is 0.750. The summed E-state index contributed by atoms with van der Waals surface area (Å²) in [6.45, 7) is 5.12. The molecule has 0 aromatic heterocycles. The van der Waals surface area contributed by atoms with E-state index >= 15 is 0 Å². The maximum atomic E-state index is 13.8. The third kappa shape index (κ3) is 7.14. The lowest BCUT2D eigenvalue weighted by Crippen LogP contribution is -2.73. The Balaban J connectivity index is 0.00000370. The smallest absolute Gasteiger partial charge is 0.246 e. The Hall–Kier alpha value is -1.83.